The number of benzene rings is 2. The van der Waals surface area contributed by atoms with Gasteiger partial charge in [0.15, 0.2) is 5.65 Å². The molecule has 4 rings (SSSR count). The average molecular weight is 381 g/mol. The molecule has 0 amide bonds. The van der Waals surface area contributed by atoms with Crippen molar-refractivity contribution in [3.63, 3.8) is 0 Å². The summed E-state index contributed by atoms with van der Waals surface area (Å²) in [5.41, 5.74) is 4.60. The lowest BCUT2D eigenvalue weighted by molar-refractivity contribution is 0.627. The Bertz CT molecular complexity index is 1150. The van der Waals surface area contributed by atoms with Crippen LogP contribution in [-0.4, -0.2) is 14.5 Å². The normalized spacial score (nSPS) is 11.1. The highest BCUT2D eigenvalue weighted by molar-refractivity contribution is 6.30. The molecule has 0 bridgehead atoms. The summed E-state index contributed by atoms with van der Waals surface area (Å²) in [6, 6.07) is 13.9. The second kappa shape index (κ2) is 6.67. The van der Waals surface area contributed by atoms with Gasteiger partial charge >= 0.3 is 0 Å². The number of hydrogen-bond acceptors (Lipinski definition) is 3. The molecule has 4 aromatic rings. The molecule has 0 fully saturated rings. The number of aromatic nitrogens is 3. The predicted octanol–water partition coefficient (Wildman–Crippen LogP) is 5.88. The van der Waals surface area contributed by atoms with E-state index in [0.29, 0.717) is 10.8 Å². The van der Waals surface area contributed by atoms with Crippen LogP contribution in [0.1, 0.15) is 17.1 Å². The molecule has 0 atom stereocenters. The summed E-state index contributed by atoms with van der Waals surface area (Å²) in [6.45, 7) is 5.92. The molecule has 0 radical (unpaired) electrons. The Balaban J connectivity index is 1.94. The van der Waals surface area contributed by atoms with Gasteiger partial charge in [0, 0.05) is 22.1 Å². The number of rotatable bonds is 3. The highest BCUT2D eigenvalue weighted by Gasteiger charge is 2.19. The third-order valence-corrected chi connectivity index (χ3v) is 4.87. The Hall–Kier alpha value is -2.92. The molecular weight excluding hydrogens is 363 g/mol. The molecule has 0 saturated carbocycles. The van der Waals surface area contributed by atoms with Crippen LogP contribution in [-0.2, 0) is 0 Å². The number of aryl methyl sites for hydroxylation is 2. The van der Waals surface area contributed by atoms with Crippen LogP contribution in [0.3, 0.4) is 0 Å². The second-order valence-electron chi connectivity index (χ2n) is 6.48. The van der Waals surface area contributed by atoms with Gasteiger partial charge in [0.2, 0.25) is 0 Å². The maximum atomic E-state index is 13.4. The van der Waals surface area contributed by atoms with Crippen molar-refractivity contribution in [2.75, 3.05) is 5.32 Å². The van der Waals surface area contributed by atoms with Crippen molar-refractivity contribution < 1.29 is 4.39 Å². The van der Waals surface area contributed by atoms with Crippen LogP contribution >= 0.6 is 11.6 Å². The number of anilines is 2. The Morgan fingerprint density at radius 2 is 1.74 bits per heavy atom. The second-order valence-corrected chi connectivity index (χ2v) is 6.91. The van der Waals surface area contributed by atoms with E-state index in [1.165, 1.54) is 12.1 Å². The van der Waals surface area contributed by atoms with E-state index in [4.69, 9.17) is 11.6 Å². The topological polar surface area (TPSA) is 42.7 Å². The van der Waals surface area contributed by atoms with Gasteiger partial charge in [-0.3, -0.25) is 4.57 Å². The lowest BCUT2D eigenvalue weighted by Gasteiger charge is -2.10. The molecule has 2 aromatic carbocycles. The van der Waals surface area contributed by atoms with Crippen LogP contribution in [0.5, 0.6) is 0 Å². The molecule has 6 heteroatoms. The molecule has 1 N–H and O–H groups in total. The van der Waals surface area contributed by atoms with Gasteiger partial charge in [-0.15, -0.1) is 0 Å². The molecule has 0 saturated heterocycles. The first-order valence-electron chi connectivity index (χ1n) is 8.59. The zero-order valence-corrected chi connectivity index (χ0v) is 16.0. The van der Waals surface area contributed by atoms with Crippen LogP contribution in [0.25, 0.3) is 16.7 Å². The van der Waals surface area contributed by atoms with Gasteiger partial charge in [0.05, 0.1) is 5.39 Å². The van der Waals surface area contributed by atoms with Gasteiger partial charge in [-0.2, -0.15) is 0 Å². The lowest BCUT2D eigenvalue weighted by atomic mass is 10.2. The van der Waals surface area contributed by atoms with Crippen molar-refractivity contribution >= 4 is 34.1 Å². The van der Waals surface area contributed by atoms with Crippen molar-refractivity contribution in [1.29, 1.82) is 0 Å². The Morgan fingerprint density at radius 1 is 1.00 bits per heavy atom. The SMILES string of the molecule is Cc1nc(Nc2cccc(Cl)c2)c2c(C)c(C)n(-c3ccc(F)cc3)c2n1. The number of hydrogen-bond donors (Lipinski definition) is 1. The van der Waals surface area contributed by atoms with Gasteiger partial charge in [0.1, 0.15) is 17.5 Å². The summed E-state index contributed by atoms with van der Waals surface area (Å²) < 4.78 is 15.4. The summed E-state index contributed by atoms with van der Waals surface area (Å²) in [4.78, 5) is 9.28. The molecule has 0 aliphatic rings. The Kier molecular flexibility index (Phi) is 4.32. The molecule has 2 aromatic heterocycles. The number of halogens is 2. The smallest absolute Gasteiger partial charge is 0.150 e. The predicted molar refractivity (Wildman–Crippen MR) is 108 cm³/mol. The fourth-order valence-electron chi connectivity index (χ4n) is 3.27. The van der Waals surface area contributed by atoms with Crippen molar-refractivity contribution in [3.8, 4) is 5.69 Å². The summed E-state index contributed by atoms with van der Waals surface area (Å²) in [7, 11) is 0. The zero-order chi connectivity index (χ0) is 19.1. The van der Waals surface area contributed by atoms with Crippen molar-refractivity contribution in [2.45, 2.75) is 20.8 Å². The third kappa shape index (κ3) is 3.15. The summed E-state index contributed by atoms with van der Waals surface area (Å²) in [5, 5.41) is 4.95. The van der Waals surface area contributed by atoms with Crippen LogP contribution in [0.4, 0.5) is 15.9 Å². The monoisotopic (exact) mass is 380 g/mol. The van der Waals surface area contributed by atoms with Gasteiger partial charge in [-0.05, 0) is 68.8 Å². The van der Waals surface area contributed by atoms with Crippen molar-refractivity contribution in [1.82, 2.24) is 14.5 Å². The molecule has 0 aliphatic carbocycles. The van der Waals surface area contributed by atoms with Crippen LogP contribution in [0.2, 0.25) is 5.02 Å². The highest BCUT2D eigenvalue weighted by Crippen LogP contribution is 2.33. The van der Waals surface area contributed by atoms with Crippen LogP contribution in [0, 0.1) is 26.6 Å². The standard InChI is InChI=1S/C21H18ClFN4/c1-12-13(2)27(18-9-7-16(23)8-10-18)21-19(12)20(24-14(3)25-21)26-17-6-4-5-15(22)11-17/h4-11H,1-3H3,(H,24,25,26). The quantitative estimate of drug-likeness (QED) is 0.482. The fraction of sp³-hybridized carbons (Fsp3) is 0.143. The number of nitrogens with zero attached hydrogens (tertiary/aromatic N) is 3. The number of nitrogens with one attached hydrogen (secondary N) is 1. The minimum absolute atomic E-state index is 0.265. The van der Waals surface area contributed by atoms with Gasteiger partial charge < -0.3 is 5.32 Å². The first kappa shape index (κ1) is 17.5. The Morgan fingerprint density at radius 3 is 2.44 bits per heavy atom. The maximum absolute atomic E-state index is 13.4. The minimum atomic E-state index is -0.265. The van der Waals surface area contributed by atoms with E-state index in [2.05, 4.69) is 15.3 Å². The van der Waals surface area contributed by atoms with E-state index in [1.807, 2.05) is 49.6 Å². The van der Waals surface area contributed by atoms with E-state index in [0.717, 1.165) is 39.5 Å². The minimum Gasteiger partial charge on any atom is -0.340 e. The van der Waals surface area contributed by atoms with Crippen molar-refractivity contribution in [3.05, 3.63) is 76.5 Å². The third-order valence-electron chi connectivity index (χ3n) is 4.64. The van der Waals surface area contributed by atoms with E-state index in [1.54, 1.807) is 12.1 Å². The Labute approximate surface area is 161 Å². The zero-order valence-electron chi connectivity index (χ0n) is 15.2. The highest BCUT2D eigenvalue weighted by atomic mass is 35.5. The van der Waals surface area contributed by atoms with Gasteiger partial charge in [-0.1, -0.05) is 17.7 Å². The number of fused-ring (bicyclic) bond motifs is 1. The molecule has 0 unspecified atom stereocenters. The summed E-state index contributed by atoms with van der Waals surface area (Å²) in [6.07, 6.45) is 0. The van der Waals surface area contributed by atoms with Crippen LogP contribution < -0.4 is 5.32 Å². The molecule has 4 nitrogen and oxygen atoms in total. The molecule has 136 valence electrons. The van der Waals surface area contributed by atoms with E-state index in [-0.39, 0.29) is 5.82 Å². The van der Waals surface area contributed by atoms with E-state index < -0.39 is 0 Å². The van der Waals surface area contributed by atoms with Crippen LogP contribution in [0.15, 0.2) is 48.5 Å². The molecule has 27 heavy (non-hydrogen) atoms. The molecular formula is C21H18ClFN4. The van der Waals surface area contributed by atoms with E-state index >= 15 is 0 Å². The first-order valence-corrected chi connectivity index (χ1v) is 8.96. The van der Waals surface area contributed by atoms with E-state index in [9.17, 15) is 4.39 Å². The van der Waals surface area contributed by atoms with Crippen molar-refractivity contribution in [2.24, 2.45) is 0 Å². The van der Waals surface area contributed by atoms with Gasteiger partial charge in [0.25, 0.3) is 0 Å². The maximum Gasteiger partial charge on any atom is 0.150 e. The lowest BCUT2D eigenvalue weighted by Crippen LogP contribution is -2.02. The average Bonchev–Trinajstić information content (AvgIpc) is 2.87. The largest absolute Gasteiger partial charge is 0.340 e. The van der Waals surface area contributed by atoms with Gasteiger partial charge in [-0.25, -0.2) is 14.4 Å². The summed E-state index contributed by atoms with van der Waals surface area (Å²) in [5.74, 6) is 1.10. The molecule has 0 aliphatic heterocycles. The first-order chi connectivity index (χ1) is 12.9. The summed E-state index contributed by atoms with van der Waals surface area (Å²) >= 11 is 6.11. The fourth-order valence-corrected chi connectivity index (χ4v) is 3.46. The molecule has 2 heterocycles. The molecule has 0 spiro atoms.